The van der Waals surface area contributed by atoms with Gasteiger partial charge in [-0.05, 0) is 76.9 Å². The van der Waals surface area contributed by atoms with Crippen molar-refractivity contribution in [1.82, 2.24) is 15.1 Å². The number of amides is 1. The highest BCUT2D eigenvalue weighted by Gasteiger charge is 2.40. The van der Waals surface area contributed by atoms with Crippen LogP contribution in [-0.4, -0.2) is 27.8 Å². The fourth-order valence-corrected chi connectivity index (χ4v) is 4.48. The van der Waals surface area contributed by atoms with Crippen molar-refractivity contribution in [2.24, 2.45) is 0 Å². The standard InChI is InChI=1S/C27H32ClFN4O2.ClH/c1-16(2)35-19-8-6-7-18(14-19)30-26(34)24-15-20(23-11-12-33(32-23)27(3,4)5)25(31-24)17-9-10-21(28)22(29)13-17;/h6-14,16,20,24-25,31H,15H2,1-5H3,(H,30,34);1H/t20?,24-,25-;/m0./s1. The van der Waals surface area contributed by atoms with Crippen molar-refractivity contribution in [3.63, 3.8) is 0 Å². The number of carbonyl (C=O) groups is 1. The van der Waals surface area contributed by atoms with Gasteiger partial charge in [-0.25, -0.2) is 4.39 Å². The summed E-state index contributed by atoms with van der Waals surface area (Å²) in [7, 11) is 0. The Balaban J connectivity index is 0.00000361. The molecule has 0 spiro atoms. The number of anilines is 1. The summed E-state index contributed by atoms with van der Waals surface area (Å²) in [5, 5.41) is 11.3. The van der Waals surface area contributed by atoms with E-state index in [9.17, 15) is 9.18 Å². The number of benzene rings is 2. The van der Waals surface area contributed by atoms with Crippen LogP contribution in [0, 0.1) is 5.82 Å². The van der Waals surface area contributed by atoms with E-state index < -0.39 is 11.9 Å². The second-order valence-electron chi connectivity index (χ2n) is 10.3. The van der Waals surface area contributed by atoms with Crippen molar-refractivity contribution >= 4 is 35.6 Å². The summed E-state index contributed by atoms with van der Waals surface area (Å²) < 4.78 is 22.0. The molecule has 1 aromatic heterocycles. The second kappa shape index (κ2) is 11.2. The highest BCUT2D eigenvalue weighted by molar-refractivity contribution is 6.30. The molecule has 0 bridgehead atoms. The summed E-state index contributed by atoms with van der Waals surface area (Å²) in [5.74, 6) is -0.0773. The molecular weight excluding hydrogens is 502 g/mol. The molecule has 2 heterocycles. The molecule has 2 aromatic carbocycles. The van der Waals surface area contributed by atoms with Crippen molar-refractivity contribution in [3.8, 4) is 5.75 Å². The first-order valence-corrected chi connectivity index (χ1v) is 12.2. The molecule has 194 valence electrons. The maximum atomic E-state index is 14.3. The third kappa shape index (κ3) is 6.38. The Morgan fingerprint density at radius 1 is 1.22 bits per heavy atom. The van der Waals surface area contributed by atoms with Crippen LogP contribution in [0.4, 0.5) is 10.1 Å². The molecule has 1 unspecified atom stereocenters. The Morgan fingerprint density at radius 2 is 1.97 bits per heavy atom. The largest absolute Gasteiger partial charge is 0.491 e. The maximum absolute atomic E-state index is 14.3. The zero-order valence-electron chi connectivity index (χ0n) is 21.1. The molecule has 4 rings (SSSR count). The molecule has 1 amide bonds. The van der Waals surface area contributed by atoms with E-state index in [1.54, 1.807) is 18.2 Å². The van der Waals surface area contributed by atoms with Gasteiger partial charge in [0.05, 0.1) is 28.4 Å². The van der Waals surface area contributed by atoms with Crippen LogP contribution in [-0.2, 0) is 10.3 Å². The van der Waals surface area contributed by atoms with E-state index in [4.69, 9.17) is 21.4 Å². The number of nitrogens with zero attached hydrogens (tertiary/aromatic N) is 2. The molecule has 1 aliphatic heterocycles. The Bertz CT molecular complexity index is 1210. The van der Waals surface area contributed by atoms with Crippen LogP contribution in [0.3, 0.4) is 0 Å². The zero-order valence-corrected chi connectivity index (χ0v) is 22.7. The van der Waals surface area contributed by atoms with Crippen molar-refractivity contribution < 1.29 is 13.9 Å². The molecule has 1 saturated heterocycles. The lowest BCUT2D eigenvalue weighted by Crippen LogP contribution is -2.36. The lowest BCUT2D eigenvalue weighted by Gasteiger charge is -2.21. The molecule has 0 saturated carbocycles. The van der Waals surface area contributed by atoms with Gasteiger partial charge in [-0.3, -0.25) is 14.8 Å². The molecule has 36 heavy (non-hydrogen) atoms. The summed E-state index contributed by atoms with van der Waals surface area (Å²) in [6, 6.07) is 13.3. The molecule has 3 aromatic rings. The van der Waals surface area contributed by atoms with E-state index in [2.05, 4.69) is 31.4 Å². The normalized spacial score (nSPS) is 19.7. The topological polar surface area (TPSA) is 68.2 Å². The van der Waals surface area contributed by atoms with Crippen LogP contribution in [0.2, 0.25) is 5.02 Å². The molecule has 0 aliphatic carbocycles. The number of hydrogen-bond acceptors (Lipinski definition) is 4. The average molecular weight is 535 g/mol. The lowest BCUT2D eigenvalue weighted by molar-refractivity contribution is -0.117. The van der Waals surface area contributed by atoms with Crippen LogP contribution in [0.15, 0.2) is 54.7 Å². The Labute approximate surface area is 223 Å². The number of rotatable bonds is 6. The summed E-state index contributed by atoms with van der Waals surface area (Å²) in [6.45, 7) is 10.1. The quantitative estimate of drug-likeness (QED) is 0.380. The first-order valence-electron chi connectivity index (χ1n) is 11.9. The van der Waals surface area contributed by atoms with Crippen molar-refractivity contribution in [2.75, 3.05) is 5.32 Å². The number of aromatic nitrogens is 2. The molecule has 0 radical (unpaired) electrons. The first kappa shape index (κ1) is 28.0. The van der Waals surface area contributed by atoms with Gasteiger partial charge >= 0.3 is 0 Å². The zero-order chi connectivity index (χ0) is 25.3. The fourth-order valence-electron chi connectivity index (χ4n) is 4.36. The molecule has 2 N–H and O–H groups in total. The predicted octanol–water partition coefficient (Wildman–Crippen LogP) is 6.47. The van der Waals surface area contributed by atoms with Gasteiger partial charge in [0.25, 0.3) is 0 Å². The molecule has 9 heteroatoms. The number of halogens is 3. The number of hydrogen-bond donors (Lipinski definition) is 2. The van der Waals surface area contributed by atoms with Crippen LogP contribution >= 0.6 is 24.0 Å². The summed E-state index contributed by atoms with van der Waals surface area (Å²) in [6.07, 6.45) is 2.50. The Morgan fingerprint density at radius 3 is 2.61 bits per heavy atom. The summed E-state index contributed by atoms with van der Waals surface area (Å²) in [4.78, 5) is 13.3. The van der Waals surface area contributed by atoms with Gasteiger partial charge in [0.15, 0.2) is 0 Å². The molecule has 3 atom stereocenters. The van der Waals surface area contributed by atoms with Crippen LogP contribution in [0.5, 0.6) is 5.75 Å². The van der Waals surface area contributed by atoms with E-state index in [0.717, 1.165) is 11.3 Å². The monoisotopic (exact) mass is 534 g/mol. The van der Waals surface area contributed by atoms with E-state index in [-0.39, 0.29) is 46.9 Å². The van der Waals surface area contributed by atoms with Gasteiger partial charge in [0.1, 0.15) is 11.6 Å². The Hall–Kier alpha value is -2.61. The van der Waals surface area contributed by atoms with E-state index in [1.807, 2.05) is 49.0 Å². The number of carbonyl (C=O) groups excluding carboxylic acids is 1. The van der Waals surface area contributed by atoms with Gasteiger partial charge in [-0.1, -0.05) is 23.7 Å². The second-order valence-corrected chi connectivity index (χ2v) is 10.7. The third-order valence-corrected chi connectivity index (χ3v) is 6.35. The first-order chi connectivity index (χ1) is 16.5. The van der Waals surface area contributed by atoms with Gasteiger partial charge in [0, 0.05) is 29.9 Å². The average Bonchev–Trinajstić information content (AvgIpc) is 3.43. The van der Waals surface area contributed by atoms with Gasteiger partial charge in [0.2, 0.25) is 5.91 Å². The summed E-state index contributed by atoms with van der Waals surface area (Å²) >= 11 is 5.92. The van der Waals surface area contributed by atoms with E-state index >= 15 is 0 Å². The molecule has 6 nitrogen and oxygen atoms in total. The van der Waals surface area contributed by atoms with E-state index in [1.165, 1.54) is 6.07 Å². The van der Waals surface area contributed by atoms with Crippen molar-refractivity contribution in [1.29, 1.82) is 0 Å². The van der Waals surface area contributed by atoms with Crippen LogP contribution in [0.1, 0.15) is 64.3 Å². The van der Waals surface area contributed by atoms with E-state index in [0.29, 0.717) is 17.9 Å². The summed E-state index contributed by atoms with van der Waals surface area (Å²) in [5.41, 5.74) is 2.07. The predicted molar refractivity (Wildman–Crippen MR) is 144 cm³/mol. The third-order valence-electron chi connectivity index (χ3n) is 6.04. The van der Waals surface area contributed by atoms with Crippen molar-refractivity contribution in [3.05, 3.63) is 76.8 Å². The highest BCUT2D eigenvalue weighted by Crippen LogP contribution is 2.41. The van der Waals surface area contributed by atoms with Gasteiger partial charge in [-0.15, -0.1) is 12.4 Å². The minimum atomic E-state index is -0.488. The maximum Gasteiger partial charge on any atom is 0.241 e. The Kier molecular flexibility index (Phi) is 8.70. The minimum absolute atomic E-state index is 0. The van der Waals surface area contributed by atoms with Gasteiger partial charge in [-0.2, -0.15) is 5.10 Å². The van der Waals surface area contributed by atoms with Crippen molar-refractivity contribution in [2.45, 2.75) is 70.7 Å². The SMILES string of the molecule is CC(C)Oc1cccc(NC(=O)[C@@H]2CC(c3ccn(C(C)(C)C)n3)[C@H](c3ccc(Cl)c(F)c3)N2)c1.Cl. The fraction of sp³-hybridized carbons (Fsp3) is 0.407. The number of nitrogens with one attached hydrogen (secondary N) is 2. The highest BCUT2D eigenvalue weighted by atomic mass is 35.5. The van der Waals surface area contributed by atoms with Gasteiger partial charge < -0.3 is 10.1 Å². The van der Waals surface area contributed by atoms with Crippen LogP contribution < -0.4 is 15.4 Å². The minimum Gasteiger partial charge on any atom is -0.491 e. The molecular formula is C27H33Cl2FN4O2. The lowest BCUT2D eigenvalue weighted by atomic mass is 9.90. The molecule has 1 aliphatic rings. The smallest absolute Gasteiger partial charge is 0.241 e. The molecule has 1 fully saturated rings. The number of ether oxygens (including phenoxy) is 1. The van der Waals surface area contributed by atoms with Crippen LogP contribution in [0.25, 0.3) is 0 Å².